The smallest absolute Gasteiger partial charge is 0.274 e. The van der Waals surface area contributed by atoms with E-state index < -0.39 is 10.0 Å². The Balaban J connectivity index is 2.01. The Morgan fingerprint density at radius 3 is 2.58 bits per heavy atom. The van der Waals surface area contributed by atoms with Gasteiger partial charge in [0.2, 0.25) is 10.0 Å². The van der Waals surface area contributed by atoms with Gasteiger partial charge < -0.3 is 4.90 Å². The van der Waals surface area contributed by atoms with Crippen LogP contribution in [0.2, 0.25) is 0 Å². The molecule has 24 heavy (non-hydrogen) atoms. The van der Waals surface area contributed by atoms with Crippen LogP contribution >= 0.6 is 0 Å². The second-order valence-electron chi connectivity index (χ2n) is 6.09. The summed E-state index contributed by atoms with van der Waals surface area (Å²) in [5.74, 6) is -0.224. The minimum atomic E-state index is -3.24. The zero-order chi connectivity index (χ0) is 17.7. The van der Waals surface area contributed by atoms with Gasteiger partial charge in [-0.1, -0.05) is 13.3 Å². The second-order valence-corrected chi connectivity index (χ2v) is 7.87. The predicted octanol–water partition coefficient (Wildman–Crippen LogP) is 0.197. The molecule has 0 saturated carbocycles. The van der Waals surface area contributed by atoms with Crippen molar-refractivity contribution in [1.82, 2.24) is 19.4 Å². The van der Waals surface area contributed by atoms with Crippen LogP contribution < -0.4 is 10.3 Å². The fraction of sp³-hybridized carbons (Fsp3) is 0.667. The number of carbonyl (C=O) groups is 1. The van der Waals surface area contributed by atoms with Gasteiger partial charge in [-0.05, 0) is 25.3 Å². The topological polar surface area (TPSA) is 101 Å². The molecule has 1 saturated heterocycles. The molecule has 0 aliphatic carbocycles. The highest BCUT2D eigenvalue weighted by Gasteiger charge is 2.26. The molecule has 0 radical (unpaired) electrons. The van der Waals surface area contributed by atoms with Crippen LogP contribution in [-0.2, 0) is 16.6 Å². The maximum atomic E-state index is 12.5. The van der Waals surface area contributed by atoms with Gasteiger partial charge >= 0.3 is 0 Å². The van der Waals surface area contributed by atoms with Crippen molar-refractivity contribution in [2.45, 2.75) is 45.2 Å². The average Bonchev–Trinajstić information content (AvgIpc) is 2.53. The van der Waals surface area contributed by atoms with Crippen molar-refractivity contribution in [3.05, 3.63) is 28.2 Å². The Bertz CT molecular complexity index is 736. The quantitative estimate of drug-likeness (QED) is 0.784. The largest absolute Gasteiger partial charge is 0.337 e. The Morgan fingerprint density at radius 1 is 1.33 bits per heavy atom. The van der Waals surface area contributed by atoms with Gasteiger partial charge in [0, 0.05) is 31.7 Å². The number of unbranched alkanes of at least 4 members (excludes halogenated alkanes) is 1. The summed E-state index contributed by atoms with van der Waals surface area (Å²) >= 11 is 0. The van der Waals surface area contributed by atoms with E-state index in [9.17, 15) is 18.0 Å². The van der Waals surface area contributed by atoms with E-state index >= 15 is 0 Å². The molecule has 0 unspecified atom stereocenters. The number of hydrogen-bond acceptors (Lipinski definition) is 5. The highest BCUT2D eigenvalue weighted by Crippen LogP contribution is 2.13. The monoisotopic (exact) mass is 356 g/mol. The van der Waals surface area contributed by atoms with Crippen molar-refractivity contribution in [3.8, 4) is 0 Å². The average molecular weight is 356 g/mol. The van der Waals surface area contributed by atoms with E-state index in [2.05, 4.69) is 9.82 Å². The van der Waals surface area contributed by atoms with Crippen LogP contribution in [-0.4, -0.2) is 54.4 Å². The summed E-state index contributed by atoms with van der Waals surface area (Å²) in [6.07, 6.45) is 4.02. The molecular weight excluding hydrogens is 332 g/mol. The summed E-state index contributed by atoms with van der Waals surface area (Å²) in [4.78, 5) is 26.0. The number of aromatic nitrogens is 2. The highest BCUT2D eigenvalue weighted by atomic mass is 32.2. The van der Waals surface area contributed by atoms with Gasteiger partial charge in [-0.2, -0.15) is 5.10 Å². The molecule has 1 aliphatic rings. The van der Waals surface area contributed by atoms with Crippen LogP contribution in [0.15, 0.2) is 16.9 Å². The summed E-state index contributed by atoms with van der Waals surface area (Å²) in [5, 5.41) is 4.16. The Kier molecular flexibility index (Phi) is 6.11. The number of carbonyl (C=O) groups excluding carboxylic acids is 1. The Morgan fingerprint density at radius 2 is 2.00 bits per heavy atom. The molecule has 8 nitrogen and oxygen atoms in total. The molecule has 0 spiro atoms. The molecule has 9 heteroatoms. The third-order valence-electron chi connectivity index (χ3n) is 3.97. The van der Waals surface area contributed by atoms with Crippen molar-refractivity contribution in [3.63, 3.8) is 0 Å². The summed E-state index contributed by atoms with van der Waals surface area (Å²) in [6, 6.07) is 2.68. The zero-order valence-electron chi connectivity index (χ0n) is 14.1. The maximum absolute atomic E-state index is 12.5. The molecule has 2 rings (SSSR count). The second kappa shape index (κ2) is 7.89. The molecule has 1 aromatic rings. The first-order chi connectivity index (χ1) is 11.3. The van der Waals surface area contributed by atoms with E-state index in [1.165, 1.54) is 16.8 Å². The van der Waals surface area contributed by atoms with E-state index in [1.807, 2.05) is 6.92 Å². The van der Waals surface area contributed by atoms with Crippen molar-refractivity contribution in [2.24, 2.45) is 0 Å². The van der Waals surface area contributed by atoms with Crippen LogP contribution in [0.5, 0.6) is 0 Å². The van der Waals surface area contributed by atoms with Crippen LogP contribution in [0.3, 0.4) is 0 Å². The molecular formula is C15H24N4O4S. The minimum absolute atomic E-state index is 0.143. The van der Waals surface area contributed by atoms with Crippen molar-refractivity contribution < 1.29 is 13.2 Å². The number of aryl methyl sites for hydroxylation is 1. The molecule has 0 atom stereocenters. The number of likely N-dealkylation sites (tertiary alicyclic amines) is 1. The first-order valence-corrected chi connectivity index (χ1v) is 10.0. The molecule has 1 N–H and O–H groups in total. The number of piperidine rings is 1. The standard InChI is InChI=1S/C15H24N4O4S/c1-3-4-9-19-14(20)6-5-13(16-19)15(21)18-10-7-12(8-11-18)17-24(2,22)23/h5-6,12,17H,3-4,7-11H2,1-2H3. The lowest BCUT2D eigenvalue weighted by atomic mass is 10.1. The van der Waals surface area contributed by atoms with Gasteiger partial charge in [0.1, 0.15) is 5.69 Å². The maximum Gasteiger partial charge on any atom is 0.274 e. The number of rotatable bonds is 6. The molecule has 0 bridgehead atoms. The summed E-state index contributed by atoms with van der Waals surface area (Å²) in [6.45, 7) is 3.44. The Labute approximate surface area is 141 Å². The van der Waals surface area contributed by atoms with Crippen molar-refractivity contribution in [1.29, 1.82) is 0 Å². The van der Waals surface area contributed by atoms with Gasteiger partial charge in [-0.15, -0.1) is 0 Å². The SMILES string of the molecule is CCCCn1nc(C(=O)N2CCC(NS(C)(=O)=O)CC2)ccc1=O. The molecule has 1 aliphatic heterocycles. The van der Waals surface area contributed by atoms with Gasteiger partial charge in [0.05, 0.1) is 6.26 Å². The van der Waals surface area contributed by atoms with E-state index in [4.69, 9.17) is 0 Å². The number of nitrogens with one attached hydrogen (secondary N) is 1. The third kappa shape index (κ3) is 5.13. The first-order valence-electron chi connectivity index (χ1n) is 8.15. The minimum Gasteiger partial charge on any atom is -0.337 e. The lowest BCUT2D eigenvalue weighted by molar-refractivity contribution is 0.0702. The fourth-order valence-electron chi connectivity index (χ4n) is 2.70. The van der Waals surface area contributed by atoms with E-state index in [-0.39, 0.29) is 23.2 Å². The predicted molar refractivity (Wildman–Crippen MR) is 90.3 cm³/mol. The molecule has 0 aromatic carbocycles. The lowest BCUT2D eigenvalue weighted by Crippen LogP contribution is -2.46. The van der Waals surface area contributed by atoms with Crippen LogP contribution in [0.4, 0.5) is 0 Å². The molecule has 134 valence electrons. The normalized spacial score (nSPS) is 16.3. The lowest BCUT2D eigenvalue weighted by Gasteiger charge is -2.31. The van der Waals surface area contributed by atoms with Gasteiger partial charge in [0.15, 0.2) is 0 Å². The third-order valence-corrected chi connectivity index (χ3v) is 4.73. The van der Waals surface area contributed by atoms with Crippen molar-refractivity contribution in [2.75, 3.05) is 19.3 Å². The van der Waals surface area contributed by atoms with Crippen LogP contribution in [0.25, 0.3) is 0 Å². The van der Waals surface area contributed by atoms with E-state index in [0.717, 1.165) is 19.1 Å². The number of hydrogen-bond donors (Lipinski definition) is 1. The fourth-order valence-corrected chi connectivity index (χ4v) is 3.54. The summed E-state index contributed by atoms with van der Waals surface area (Å²) in [5.41, 5.74) is 0.0382. The van der Waals surface area contributed by atoms with Crippen LogP contribution in [0, 0.1) is 0 Å². The Hall–Kier alpha value is -1.74. The molecule has 1 aromatic heterocycles. The van der Waals surface area contributed by atoms with Crippen molar-refractivity contribution >= 4 is 15.9 Å². The molecule has 1 fully saturated rings. The van der Waals surface area contributed by atoms with Gasteiger partial charge in [-0.25, -0.2) is 17.8 Å². The van der Waals surface area contributed by atoms with Gasteiger partial charge in [-0.3, -0.25) is 9.59 Å². The number of sulfonamides is 1. The summed E-state index contributed by atoms with van der Waals surface area (Å²) < 4.78 is 26.4. The van der Waals surface area contributed by atoms with E-state index in [0.29, 0.717) is 32.5 Å². The number of amides is 1. The van der Waals surface area contributed by atoms with Crippen LogP contribution in [0.1, 0.15) is 43.1 Å². The molecule has 1 amide bonds. The van der Waals surface area contributed by atoms with E-state index in [1.54, 1.807) is 4.90 Å². The zero-order valence-corrected chi connectivity index (χ0v) is 14.9. The molecule has 2 heterocycles. The van der Waals surface area contributed by atoms with Gasteiger partial charge in [0.25, 0.3) is 11.5 Å². The first kappa shape index (κ1) is 18.6. The number of nitrogens with zero attached hydrogens (tertiary/aromatic N) is 3. The highest BCUT2D eigenvalue weighted by molar-refractivity contribution is 7.88. The summed E-state index contributed by atoms with van der Waals surface area (Å²) in [7, 11) is -3.24.